The van der Waals surface area contributed by atoms with Crippen molar-refractivity contribution in [3.8, 4) is 0 Å². The maximum Gasteiger partial charge on any atom is 0.225 e. The van der Waals surface area contributed by atoms with Crippen LogP contribution in [0.4, 0.5) is 5.95 Å². The third-order valence-electron chi connectivity index (χ3n) is 6.52. The lowest BCUT2D eigenvalue weighted by Gasteiger charge is -2.35. The van der Waals surface area contributed by atoms with Crippen molar-refractivity contribution < 1.29 is 4.79 Å². The fraction of sp³-hybridized carbons (Fsp3) is 0.636. The number of piperidine rings is 1. The fourth-order valence-corrected chi connectivity index (χ4v) is 4.87. The number of benzene rings is 1. The maximum absolute atomic E-state index is 12.6. The van der Waals surface area contributed by atoms with E-state index in [1.54, 1.807) is 0 Å². The number of hydrogen-bond acceptors (Lipinski definition) is 3. The Morgan fingerprint density at radius 2 is 1.81 bits per heavy atom. The minimum absolute atomic E-state index is 0.0963. The van der Waals surface area contributed by atoms with E-state index in [1.807, 2.05) is 0 Å². The highest BCUT2D eigenvalue weighted by atomic mass is 16.2. The Bertz CT molecular complexity index is 819. The summed E-state index contributed by atoms with van der Waals surface area (Å²) in [5.74, 6) is 1.44. The first-order valence-electron chi connectivity index (χ1n) is 10.8. The summed E-state index contributed by atoms with van der Waals surface area (Å²) in [6.45, 7) is 1.80. The number of amides is 1. The summed E-state index contributed by atoms with van der Waals surface area (Å²) in [7, 11) is 0. The van der Waals surface area contributed by atoms with Gasteiger partial charge in [-0.05, 0) is 50.7 Å². The Kier molecular flexibility index (Phi) is 4.54. The van der Waals surface area contributed by atoms with Crippen molar-refractivity contribution in [2.45, 2.75) is 69.9 Å². The topological polar surface area (TPSA) is 50.2 Å². The average Bonchev–Trinajstić information content (AvgIpc) is 3.45. The van der Waals surface area contributed by atoms with Crippen LogP contribution in [0.5, 0.6) is 0 Å². The largest absolute Gasteiger partial charge is 0.353 e. The number of fused-ring (bicyclic) bond motifs is 1. The van der Waals surface area contributed by atoms with Gasteiger partial charge < -0.3 is 14.8 Å². The zero-order valence-corrected chi connectivity index (χ0v) is 16.1. The molecule has 3 aliphatic rings. The summed E-state index contributed by atoms with van der Waals surface area (Å²) in [4.78, 5) is 20.0. The Morgan fingerprint density at radius 3 is 2.63 bits per heavy atom. The van der Waals surface area contributed by atoms with Gasteiger partial charge in [-0.3, -0.25) is 4.79 Å². The van der Waals surface area contributed by atoms with Crippen molar-refractivity contribution in [1.82, 2.24) is 14.9 Å². The van der Waals surface area contributed by atoms with E-state index >= 15 is 0 Å². The number of hydrogen-bond donors (Lipinski definition) is 1. The van der Waals surface area contributed by atoms with Gasteiger partial charge in [-0.15, -0.1) is 0 Å². The average molecular weight is 367 g/mol. The van der Waals surface area contributed by atoms with E-state index < -0.39 is 0 Å². The molecule has 1 amide bonds. The van der Waals surface area contributed by atoms with Gasteiger partial charge in [-0.25, -0.2) is 4.98 Å². The lowest BCUT2D eigenvalue weighted by atomic mass is 9.95. The van der Waals surface area contributed by atoms with Gasteiger partial charge in [-0.2, -0.15) is 0 Å². The monoisotopic (exact) mass is 366 g/mol. The molecule has 2 aromatic rings. The number of nitrogens with zero attached hydrogens (tertiary/aromatic N) is 3. The van der Waals surface area contributed by atoms with Crippen molar-refractivity contribution in [3.63, 3.8) is 0 Å². The third kappa shape index (κ3) is 3.44. The van der Waals surface area contributed by atoms with Crippen LogP contribution in [0.25, 0.3) is 11.0 Å². The molecule has 2 saturated carbocycles. The van der Waals surface area contributed by atoms with E-state index in [0.717, 1.165) is 50.2 Å². The second-order valence-electron chi connectivity index (χ2n) is 8.63. The fourth-order valence-electron chi connectivity index (χ4n) is 4.87. The van der Waals surface area contributed by atoms with Crippen LogP contribution in [-0.4, -0.2) is 34.6 Å². The molecule has 0 radical (unpaired) electrons. The van der Waals surface area contributed by atoms with Crippen molar-refractivity contribution in [2.75, 3.05) is 18.0 Å². The number of carbonyl (C=O) groups excluding carboxylic acids is 1. The summed E-state index contributed by atoms with van der Waals surface area (Å²) < 4.78 is 2.50. The Labute approximate surface area is 161 Å². The molecule has 1 aromatic carbocycles. The van der Waals surface area contributed by atoms with Crippen LogP contribution in [0, 0.1) is 5.92 Å². The second kappa shape index (κ2) is 7.17. The summed E-state index contributed by atoms with van der Waals surface area (Å²) in [5, 5.41) is 3.21. The van der Waals surface area contributed by atoms with Crippen LogP contribution in [0.1, 0.15) is 63.8 Å². The first-order chi connectivity index (χ1) is 13.3. The number of nitrogens with one attached hydrogen (secondary N) is 1. The van der Waals surface area contributed by atoms with E-state index in [-0.39, 0.29) is 11.8 Å². The van der Waals surface area contributed by atoms with E-state index in [9.17, 15) is 4.79 Å². The van der Waals surface area contributed by atoms with Gasteiger partial charge in [-0.1, -0.05) is 31.4 Å². The zero-order chi connectivity index (χ0) is 18.2. The normalized spacial score (nSPS) is 24.3. The van der Waals surface area contributed by atoms with Crippen LogP contribution in [0.3, 0.4) is 0 Å². The number of rotatable bonds is 4. The highest BCUT2D eigenvalue weighted by Crippen LogP contribution is 2.36. The van der Waals surface area contributed by atoms with E-state index in [1.165, 1.54) is 37.6 Å². The molecule has 2 aliphatic carbocycles. The van der Waals surface area contributed by atoms with E-state index in [2.05, 4.69) is 39.0 Å². The molecule has 2 heterocycles. The number of aromatic nitrogens is 2. The standard InChI is InChI=1S/C22H30N4O/c27-21(23-17-12-13-17)16-7-6-14-25(15-16)22-24-19-10-4-5-11-20(19)26(22)18-8-2-1-3-9-18/h4-5,10-11,16-18H,1-3,6-9,12-15H2,(H,23,27). The number of imidazole rings is 1. The van der Waals surface area contributed by atoms with Crippen LogP contribution in [0.2, 0.25) is 0 Å². The predicted octanol–water partition coefficient (Wildman–Crippen LogP) is 4.04. The van der Waals surface area contributed by atoms with Crippen molar-refractivity contribution in [2.24, 2.45) is 5.92 Å². The number of carbonyl (C=O) groups is 1. The Hall–Kier alpha value is -2.04. The Balaban J connectivity index is 1.45. The quantitative estimate of drug-likeness (QED) is 0.888. The predicted molar refractivity (Wildman–Crippen MR) is 108 cm³/mol. The SMILES string of the molecule is O=C(NC1CC1)C1CCCN(c2nc3ccccc3n2C2CCCCC2)C1. The van der Waals surface area contributed by atoms with Crippen LogP contribution in [0.15, 0.2) is 24.3 Å². The van der Waals surface area contributed by atoms with E-state index in [4.69, 9.17) is 4.98 Å². The molecule has 1 aliphatic heterocycles. The van der Waals surface area contributed by atoms with Gasteiger partial charge in [0.1, 0.15) is 0 Å². The van der Waals surface area contributed by atoms with Gasteiger partial charge in [0.25, 0.3) is 0 Å². The Morgan fingerprint density at radius 1 is 1.00 bits per heavy atom. The highest BCUT2D eigenvalue weighted by Gasteiger charge is 2.33. The molecular weight excluding hydrogens is 336 g/mol. The lowest BCUT2D eigenvalue weighted by Crippen LogP contribution is -2.44. The van der Waals surface area contributed by atoms with Crippen LogP contribution >= 0.6 is 0 Å². The van der Waals surface area contributed by atoms with Crippen molar-refractivity contribution in [3.05, 3.63) is 24.3 Å². The number of para-hydroxylation sites is 2. The number of anilines is 1. The minimum atomic E-state index is 0.0963. The minimum Gasteiger partial charge on any atom is -0.353 e. The second-order valence-corrected chi connectivity index (χ2v) is 8.63. The molecule has 144 valence electrons. The molecule has 1 saturated heterocycles. The molecule has 27 heavy (non-hydrogen) atoms. The molecule has 1 N–H and O–H groups in total. The zero-order valence-electron chi connectivity index (χ0n) is 16.1. The third-order valence-corrected chi connectivity index (χ3v) is 6.52. The summed E-state index contributed by atoms with van der Waals surface area (Å²) in [5.41, 5.74) is 2.34. The van der Waals surface area contributed by atoms with Gasteiger partial charge in [0.2, 0.25) is 11.9 Å². The van der Waals surface area contributed by atoms with Gasteiger partial charge in [0.15, 0.2) is 0 Å². The van der Waals surface area contributed by atoms with Crippen LogP contribution in [-0.2, 0) is 4.79 Å². The molecule has 5 nitrogen and oxygen atoms in total. The summed E-state index contributed by atoms with van der Waals surface area (Å²) in [6.07, 6.45) is 10.8. The van der Waals surface area contributed by atoms with Gasteiger partial charge >= 0.3 is 0 Å². The molecular formula is C22H30N4O. The molecule has 0 bridgehead atoms. The smallest absolute Gasteiger partial charge is 0.225 e. The lowest BCUT2D eigenvalue weighted by molar-refractivity contribution is -0.125. The molecule has 1 atom stereocenters. The molecule has 3 fully saturated rings. The summed E-state index contributed by atoms with van der Waals surface area (Å²) in [6, 6.07) is 9.52. The molecule has 5 heteroatoms. The van der Waals surface area contributed by atoms with Crippen molar-refractivity contribution >= 4 is 22.9 Å². The van der Waals surface area contributed by atoms with Crippen LogP contribution < -0.4 is 10.2 Å². The molecule has 1 aromatic heterocycles. The van der Waals surface area contributed by atoms with E-state index in [0.29, 0.717) is 12.1 Å². The van der Waals surface area contributed by atoms with Gasteiger partial charge in [0.05, 0.1) is 17.0 Å². The molecule has 0 spiro atoms. The summed E-state index contributed by atoms with van der Waals surface area (Å²) >= 11 is 0. The highest BCUT2D eigenvalue weighted by molar-refractivity contribution is 5.81. The van der Waals surface area contributed by atoms with Crippen molar-refractivity contribution in [1.29, 1.82) is 0 Å². The molecule has 5 rings (SSSR count). The maximum atomic E-state index is 12.6. The first-order valence-corrected chi connectivity index (χ1v) is 10.8. The first kappa shape index (κ1) is 17.1. The molecule has 1 unspecified atom stereocenters. The van der Waals surface area contributed by atoms with Gasteiger partial charge in [0, 0.05) is 25.2 Å².